The predicted molar refractivity (Wildman–Crippen MR) is 255 cm³/mol. The topological polar surface area (TPSA) is 156 Å². The van der Waals surface area contributed by atoms with Gasteiger partial charge in [-0.1, -0.05) is 48.5 Å². The second kappa shape index (κ2) is 19.6. The molecule has 3 atom stereocenters. The molecule has 12 nitrogen and oxygen atoms in total. The Kier molecular flexibility index (Phi) is 12.7. The largest absolute Gasteiger partial charge is 0.491 e. The number of rotatable bonds is 18. The van der Waals surface area contributed by atoms with Gasteiger partial charge in [0.1, 0.15) is 41.8 Å². The number of aliphatic hydroxyl groups excluding tert-OH is 1. The maximum Gasteiger partial charge on any atom is 0.343 e. The van der Waals surface area contributed by atoms with Crippen molar-refractivity contribution in [3.8, 4) is 23.0 Å². The summed E-state index contributed by atoms with van der Waals surface area (Å²) in [5.41, 5.74) is 1.64. The third-order valence-corrected chi connectivity index (χ3v) is 12.1. The molecule has 10 rings (SSSR count). The summed E-state index contributed by atoms with van der Waals surface area (Å²) >= 11 is 0. The first-order chi connectivity index (χ1) is 33.2. The van der Waals surface area contributed by atoms with E-state index in [1.165, 1.54) is 0 Å². The van der Waals surface area contributed by atoms with Crippen LogP contribution in [0.1, 0.15) is 67.1 Å². The zero-order chi connectivity index (χ0) is 46.6. The van der Waals surface area contributed by atoms with Crippen molar-refractivity contribution in [2.24, 2.45) is 5.92 Å². The smallest absolute Gasteiger partial charge is 0.343 e. The van der Waals surface area contributed by atoms with Crippen LogP contribution in [0.15, 0.2) is 146 Å². The highest BCUT2D eigenvalue weighted by molar-refractivity contribution is 6.00. The maximum atomic E-state index is 13.1. The average molecular weight is 911 g/mol. The summed E-state index contributed by atoms with van der Waals surface area (Å²) in [5.74, 6) is 0.577. The Labute approximate surface area is 390 Å². The molecule has 8 aromatic rings. The number of benzene rings is 8. The van der Waals surface area contributed by atoms with E-state index in [9.17, 15) is 24.3 Å². The highest BCUT2D eigenvalue weighted by Crippen LogP contribution is 2.35. The average Bonchev–Trinajstić information content (AvgIpc) is 4.32. The zero-order valence-corrected chi connectivity index (χ0v) is 36.9. The van der Waals surface area contributed by atoms with Crippen LogP contribution in [-0.4, -0.2) is 74.2 Å². The van der Waals surface area contributed by atoms with E-state index in [1.54, 1.807) is 97.1 Å². The van der Waals surface area contributed by atoms with Gasteiger partial charge in [0.15, 0.2) is 0 Å². The molecule has 0 spiro atoms. The second-order valence-electron chi connectivity index (χ2n) is 17.1. The Balaban J connectivity index is 0.638. The molecule has 1 N–H and O–H groups in total. The number of carbonyl (C=O) groups is 4. The number of aliphatic hydroxyl groups is 1. The zero-order valence-electron chi connectivity index (χ0n) is 36.9. The van der Waals surface area contributed by atoms with E-state index in [0.29, 0.717) is 59.6 Å². The fourth-order valence-corrected chi connectivity index (χ4v) is 7.99. The van der Waals surface area contributed by atoms with Crippen LogP contribution in [0.2, 0.25) is 0 Å². The molecule has 0 radical (unpaired) electrons. The predicted octanol–water partition coefficient (Wildman–Crippen LogP) is 10.5. The molecule has 1 aliphatic heterocycles. The van der Waals surface area contributed by atoms with Crippen molar-refractivity contribution in [1.82, 2.24) is 0 Å². The van der Waals surface area contributed by atoms with Gasteiger partial charge in [0.05, 0.1) is 42.1 Å². The van der Waals surface area contributed by atoms with Crippen LogP contribution in [0.3, 0.4) is 0 Å². The van der Waals surface area contributed by atoms with Crippen molar-refractivity contribution in [3.05, 3.63) is 168 Å². The third kappa shape index (κ3) is 10.6. The summed E-state index contributed by atoms with van der Waals surface area (Å²) in [5, 5.41) is 16.1. The lowest BCUT2D eigenvalue weighted by molar-refractivity contribution is 0.0477. The summed E-state index contributed by atoms with van der Waals surface area (Å²) in [4.78, 5) is 51.9. The van der Waals surface area contributed by atoms with Crippen LogP contribution in [0, 0.1) is 5.92 Å². The number of hydrogen-bond donors (Lipinski definition) is 1. The first kappa shape index (κ1) is 44.1. The second-order valence-corrected chi connectivity index (χ2v) is 17.1. The van der Waals surface area contributed by atoms with E-state index in [0.717, 1.165) is 67.6 Å². The molecule has 2 aliphatic rings. The monoisotopic (exact) mass is 910 g/mol. The molecule has 2 fully saturated rings. The minimum absolute atomic E-state index is 0.0459. The number of ether oxygens (including phenoxy) is 7. The van der Waals surface area contributed by atoms with E-state index in [4.69, 9.17) is 33.2 Å². The first-order valence-corrected chi connectivity index (χ1v) is 22.7. The van der Waals surface area contributed by atoms with Gasteiger partial charge in [-0.3, -0.25) is 0 Å². The lowest BCUT2D eigenvalue weighted by Gasteiger charge is -2.10. The number of hydrogen-bond acceptors (Lipinski definition) is 12. The quantitative estimate of drug-likeness (QED) is 0.0377. The molecule has 342 valence electrons. The van der Waals surface area contributed by atoms with Gasteiger partial charge in [0.25, 0.3) is 0 Å². The molecule has 0 amide bonds. The number of carbonyl (C=O) groups excluding carboxylic acids is 4. The van der Waals surface area contributed by atoms with Crippen molar-refractivity contribution in [3.63, 3.8) is 0 Å². The van der Waals surface area contributed by atoms with Crippen molar-refractivity contribution in [1.29, 1.82) is 0 Å². The van der Waals surface area contributed by atoms with Gasteiger partial charge in [-0.05, 0) is 166 Å². The Bertz CT molecular complexity index is 3230. The molecule has 3 unspecified atom stereocenters. The van der Waals surface area contributed by atoms with Crippen molar-refractivity contribution >= 4 is 67.0 Å². The molecule has 68 heavy (non-hydrogen) atoms. The van der Waals surface area contributed by atoms with Gasteiger partial charge >= 0.3 is 23.9 Å². The Morgan fingerprint density at radius 2 is 0.853 bits per heavy atom. The van der Waals surface area contributed by atoms with Gasteiger partial charge < -0.3 is 38.3 Å². The van der Waals surface area contributed by atoms with Crippen molar-refractivity contribution < 1.29 is 57.4 Å². The van der Waals surface area contributed by atoms with Crippen molar-refractivity contribution in [2.45, 2.75) is 37.9 Å². The van der Waals surface area contributed by atoms with E-state index >= 15 is 0 Å². The van der Waals surface area contributed by atoms with E-state index in [-0.39, 0.29) is 37.9 Å². The molecule has 12 heteroatoms. The standard InChI is InChI=1S/C56H46O12/c57-31-46-30-52(46)66-48-17-13-37-25-45(11-7-39(37)27-48)56(61)68-50-19-15-36-23-43(9-5-41(36)29-50)54(59)63-21-3-1-2-20-62-53(58)42-8-4-40-28-49(18-14-35(40)22-42)67-55(60)44-10-6-38-26-47(16-12-34(38)24-44)64-32-51-33-65-51/h4-19,22-29,46,51-52,57H,1-3,20-21,30-33H2. The van der Waals surface area contributed by atoms with Crippen LogP contribution in [0.25, 0.3) is 43.1 Å². The summed E-state index contributed by atoms with van der Waals surface area (Å²) < 4.78 is 39.4. The summed E-state index contributed by atoms with van der Waals surface area (Å²) in [6.07, 6.45) is 2.95. The van der Waals surface area contributed by atoms with Gasteiger partial charge in [0, 0.05) is 12.5 Å². The molecule has 1 aliphatic carbocycles. The first-order valence-electron chi connectivity index (χ1n) is 22.7. The Hall–Kier alpha value is -7.80. The summed E-state index contributed by atoms with van der Waals surface area (Å²) in [7, 11) is 0. The van der Waals surface area contributed by atoms with Gasteiger partial charge in [-0.15, -0.1) is 0 Å². The van der Waals surface area contributed by atoms with Crippen LogP contribution in [0.5, 0.6) is 23.0 Å². The van der Waals surface area contributed by atoms with Crippen molar-refractivity contribution in [2.75, 3.05) is 33.0 Å². The van der Waals surface area contributed by atoms with Crippen LogP contribution < -0.4 is 18.9 Å². The fourth-order valence-electron chi connectivity index (χ4n) is 7.99. The molecular formula is C56H46O12. The van der Waals surface area contributed by atoms with E-state index in [1.807, 2.05) is 48.5 Å². The molecule has 1 heterocycles. The molecule has 1 saturated carbocycles. The Morgan fingerprint density at radius 1 is 0.471 bits per heavy atom. The van der Waals surface area contributed by atoms with Gasteiger partial charge in [-0.25, -0.2) is 19.2 Å². The Morgan fingerprint density at radius 3 is 1.29 bits per heavy atom. The van der Waals surface area contributed by atoms with Crippen LogP contribution in [0.4, 0.5) is 0 Å². The lowest BCUT2D eigenvalue weighted by Crippen LogP contribution is -2.09. The van der Waals surface area contributed by atoms with E-state index in [2.05, 4.69) is 0 Å². The maximum absolute atomic E-state index is 13.1. The number of fused-ring (bicyclic) bond motifs is 4. The van der Waals surface area contributed by atoms with Crippen LogP contribution >= 0.6 is 0 Å². The minimum atomic E-state index is -0.489. The van der Waals surface area contributed by atoms with Gasteiger partial charge in [0.2, 0.25) is 0 Å². The van der Waals surface area contributed by atoms with E-state index < -0.39 is 23.9 Å². The highest BCUT2D eigenvalue weighted by Gasteiger charge is 2.38. The summed E-state index contributed by atoms with van der Waals surface area (Å²) in [6, 6.07) is 43.0. The summed E-state index contributed by atoms with van der Waals surface area (Å²) in [6.45, 7) is 1.81. The number of epoxide rings is 1. The van der Waals surface area contributed by atoms with Gasteiger partial charge in [-0.2, -0.15) is 0 Å². The SMILES string of the molecule is O=C(OCCCCCOC(=O)c1ccc2cc(OC(=O)c3ccc4cc(OC5CC5CO)ccc4c3)ccc2c1)c1ccc2cc(OC(=O)c3ccc4cc(OCC5CO5)ccc4c3)ccc2c1. The third-order valence-electron chi connectivity index (χ3n) is 12.1. The normalized spacial score (nSPS) is 16.0. The lowest BCUT2D eigenvalue weighted by atomic mass is 10.1. The molecule has 0 bridgehead atoms. The fraction of sp³-hybridized carbons (Fsp3) is 0.214. The number of unbranched alkanes of at least 4 members (excludes halogenated alkanes) is 2. The minimum Gasteiger partial charge on any atom is -0.491 e. The molecule has 0 aromatic heterocycles. The highest BCUT2D eigenvalue weighted by atomic mass is 16.6. The van der Waals surface area contributed by atoms with Crippen LogP contribution in [-0.2, 0) is 14.2 Å². The molecule has 1 saturated heterocycles. The number of esters is 4. The molecule has 8 aromatic carbocycles. The molecular weight excluding hydrogens is 865 g/mol.